The minimum Gasteiger partial charge on any atom is -0.398 e. The van der Waals surface area contributed by atoms with Crippen molar-refractivity contribution in [3.8, 4) is 0 Å². The molecule has 0 saturated heterocycles. The van der Waals surface area contributed by atoms with Crippen LogP contribution in [0.4, 0.5) is 11.4 Å². The summed E-state index contributed by atoms with van der Waals surface area (Å²) in [7, 11) is -7.89. The molecule has 0 unspecified atom stereocenters. The van der Waals surface area contributed by atoms with Gasteiger partial charge in [0.1, 0.15) is 11.3 Å². The summed E-state index contributed by atoms with van der Waals surface area (Å²) in [6.07, 6.45) is 48.7. The van der Waals surface area contributed by atoms with Crippen LogP contribution in [0.1, 0.15) is 291 Å². The average Bonchev–Trinajstić information content (AvgIpc) is 1.10. The van der Waals surface area contributed by atoms with Crippen LogP contribution in [0.5, 0.6) is 0 Å². The first-order valence-corrected chi connectivity index (χ1v) is 42.9. The minimum atomic E-state index is -3.98. The van der Waals surface area contributed by atoms with Crippen LogP contribution in [0.25, 0.3) is 98.0 Å². The first-order chi connectivity index (χ1) is 49.6. The number of sulfonamides is 2. The standard InChI is InChI=1S/C72H90N8O8S2.C12H26/c1-4-7-10-13-16-19-22-25-28-31-42-74-89(85,86)49-34-40-60-58(45-49)75-69-53-39-37-52-66-62(80(83)84)48-56-64-54(38-36-51(68(64)66)65-57(73)47-55(63(53)67(52)65)71(81)78(60)69)70-76-59-46-50(35-41-61(59)79(70)72(56)82)90(87,88)77(43-32-29-26-23-20-17-14-11-8-5-2)44-33-30-27-24-21-18-15-12-9-6-3;1-3-5-7-9-11-12-10-8-6-4-2/h34-41,45-48,74H,4-33,42-44,73H2,1-3H3;3-12H2,1-2H3. The molecular weight excluding hydrogens is 1310 g/mol. The van der Waals surface area contributed by atoms with Crippen LogP contribution in [0, 0.1) is 10.1 Å². The number of nitro benzene ring substituents is 1. The number of nitrogen functional groups attached to an aromatic ring is 1. The van der Waals surface area contributed by atoms with E-state index < -0.39 is 36.1 Å². The van der Waals surface area contributed by atoms with Crippen molar-refractivity contribution >= 4 is 129 Å². The molecule has 11 aromatic rings. The maximum absolute atomic E-state index is 15.1. The zero-order valence-electron chi connectivity index (χ0n) is 62.2. The van der Waals surface area contributed by atoms with E-state index in [-0.39, 0.29) is 43.0 Å². The Bertz CT molecular complexity index is 4880. The molecule has 0 saturated carbocycles. The summed E-state index contributed by atoms with van der Waals surface area (Å²) in [6, 6.07) is 19.5. The van der Waals surface area contributed by atoms with Gasteiger partial charge in [-0.3, -0.25) is 28.5 Å². The molecular formula is C84H116N8O8S2. The normalized spacial score (nSPS) is 12.6. The molecule has 0 amide bonds. The van der Waals surface area contributed by atoms with Gasteiger partial charge in [0.2, 0.25) is 20.0 Å². The fourth-order valence-corrected chi connectivity index (χ4v) is 18.6. The smallest absolute Gasteiger partial charge is 0.278 e. The Hall–Kier alpha value is -6.86. The van der Waals surface area contributed by atoms with Gasteiger partial charge in [-0.05, 0) is 84.6 Å². The second-order valence-corrected chi connectivity index (χ2v) is 33.1. The molecule has 102 heavy (non-hydrogen) atoms. The molecule has 0 bridgehead atoms. The molecule has 0 radical (unpaired) electrons. The van der Waals surface area contributed by atoms with E-state index in [9.17, 15) is 31.7 Å². The van der Waals surface area contributed by atoms with E-state index in [4.69, 9.17) is 15.7 Å². The summed E-state index contributed by atoms with van der Waals surface area (Å²) in [5.74, 6) is 0. The molecule has 11 rings (SSSR count). The van der Waals surface area contributed by atoms with Crippen molar-refractivity contribution in [2.75, 3.05) is 25.4 Å². The maximum atomic E-state index is 15.1. The fraction of sp³-hybridized carbons (Fsp3) is 0.571. The van der Waals surface area contributed by atoms with Gasteiger partial charge in [0, 0.05) is 69.1 Å². The van der Waals surface area contributed by atoms with E-state index in [1.54, 1.807) is 46.8 Å². The van der Waals surface area contributed by atoms with E-state index in [1.807, 2.05) is 12.1 Å². The molecule has 3 N–H and O–H groups in total. The average molecular weight is 1430 g/mol. The lowest BCUT2D eigenvalue weighted by Crippen LogP contribution is -2.33. The molecule has 4 heterocycles. The number of non-ortho nitro benzene ring substituents is 1. The fourth-order valence-electron chi connectivity index (χ4n) is 15.9. The molecule has 7 aromatic carbocycles. The summed E-state index contributed by atoms with van der Waals surface area (Å²) in [5, 5.41) is 18.6. The van der Waals surface area contributed by atoms with Crippen LogP contribution >= 0.6 is 0 Å². The number of hydrogen-bond acceptors (Lipinski definition) is 11. The number of nitro groups is 1. The molecule has 0 aliphatic carbocycles. The number of anilines is 1. The van der Waals surface area contributed by atoms with Gasteiger partial charge in [0.05, 0.1) is 52.9 Å². The van der Waals surface area contributed by atoms with Gasteiger partial charge in [0.25, 0.3) is 16.8 Å². The zero-order valence-corrected chi connectivity index (χ0v) is 63.8. The number of nitrogens with one attached hydrogen (secondary N) is 1. The number of rotatable bonds is 47. The number of pyridine rings is 2. The Morgan fingerprint density at radius 3 is 1.16 bits per heavy atom. The number of nitrogens with two attached hydrogens (primary N) is 1. The van der Waals surface area contributed by atoms with Crippen molar-refractivity contribution in [1.82, 2.24) is 27.8 Å². The second kappa shape index (κ2) is 37.7. The monoisotopic (exact) mass is 1430 g/mol. The van der Waals surface area contributed by atoms with Gasteiger partial charge in [-0.25, -0.2) is 31.5 Å². The molecule has 0 atom stereocenters. The van der Waals surface area contributed by atoms with Crippen molar-refractivity contribution in [2.45, 2.75) is 301 Å². The number of aromatic nitrogens is 4. The highest BCUT2D eigenvalue weighted by Crippen LogP contribution is 2.50. The van der Waals surface area contributed by atoms with Crippen molar-refractivity contribution in [3.05, 3.63) is 104 Å². The van der Waals surface area contributed by atoms with Crippen LogP contribution in [0.2, 0.25) is 0 Å². The van der Waals surface area contributed by atoms with Crippen molar-refractivity contribution < 1.29 is 21.8 Å². The third-order valence-corrected chi connectivity index (χ3v) is 25.0. The predicted molar refractivity (Wildman–Crippen MR) is 428 cm³/mol. The molecule has 0 aliphatic rings. The number of unbranched alkanes of at least 4 members (excludes halogenated alkanes) is 36. The molecule has 4 aromatic heterocycles. The van der Waals surface area contributed by atoms with Gasteiger partial charge in [-0.15, -0.1) is 0 Å². The number of imidazole rings is 2. The Morgan fingerprint density at radius 1 is 0.402 bits per heavy atom. The maximum Gasteiger partial charge on any atom is 0.278 e. The topological polar surface area (TPSA) is 221 Å². The summed E-state index contributed by atoms with van der Waals surface area (Å²) in [5.41, 5.74) is 8.01. The summed E-state index contributed by atoms with van der Waals surface area (Å²) >= 11 is 0. The van der Waals surface area contributed by atoms with Gasteiger partial charge in [-0.2, -0.15) is 4.31 Å². The SMILES string of the molecule is CCCCCCCCCCCC.CCCCCCCCCCCCNS(=O)(=O)c1ccc2c(c1)nc1c3ccc4c5c([N+](=O)[O-])cc6c(=O)n7c8ccc(S(=O)(=O)N(CCCCCCCCCCCC)CCCCCCCCCCCC)cc8nc7c7ccc(c8c(N)cc(c(=O)n21)c3c48)c5c67. The predicted octanol–water partition coefficient (Wildman–Crippen LogP) is 22.7. The van der Waals surface area contributed by atoms with Gasteiger partial charge < -0.3 is 5.73 Å². The van der Waals surface area contributed by atoms with Crippen molar-refractivity contribution in [1.29, 1.82) is 0 Å². The van der Waals surface area contributed by atoms with Crippen LogP contribution < -0.4 is 21.6 Å². The minimum absolute atomic E-state index is 0.0333. The Kier molecular flexibility index (Phi) is 28.8. The highest BCUT2D eigenvalue weighted by atomic mass is 32.2. The molecule has 0 aliphatic heterocycles. The Balaban J connectivity index is 0.000000853. The lowest BCUT2D eigenvalue weighted by molar-refractivity contribution is -0.382. The van der Waals surface area contributed by atoms with E-state index in [1.165, 1.54) is 207 Å². The highest BCUT2D eigenvalue weighted by Gasteiger charge is 2.31. The summed E-state index contributed by atoms with van der Waals surface area (Å²) in [4.78, 5) is 53.2. The number of nitrogens with zero attached hydrogens (tertiary/aromatic N) is 6. The van der Waals surface area contributed by atoms with Crippen LogP contribution in [-0.4, -0.2) is 64.5 Å². The third kappa shape index (κ3) is 17.9. The number of hydrogen-bond donors (Lipinski definition) is 2. The lowest BCUT2D eigenvalue weighted by Gasteiger charge is -2.22. The van der Waals surface area contributed by atoms with E-state index in [0.29, 0.717) is 95.8 Å². The second-order valence-electron chi connectivity index (χ2n) is 29.4. The molecule has 0 fully saturated rings. The van der Waals surface area contributed by atoms with E-state index >= 15 is 4.79 Å². The molecule has 552 valence electrons. The lowest BCUT2D eigenvalue weighted by atomic mass is 9.84. The van der Waals surface area contributed by atoms with Gasteiger partial charge in [0.15, 0.2) is 0 Å². The quantitative estimate of drug-likeness (QED) is 0.00912. The first kappa shape index (κ1) is 77.7. The van der Waals surface area contributed by atoms with Gasteiger partial charge in [-0.1, -0.05) is 284 Å². The zero-order chi connectivity index (χ0) is 72.2. The Labute approximate surface area is 605 Å². The summed E-state index contributed by atoms with van der Waals surface area (Å²) in [6.45, 7) is 12.4. The van der Waals surface area contributed by atoms with E-state index in [2.05, 4.69) is 39.3 Å². The molecule has 16 nitrogen and oxygen atoms in total. The highest BCUT2D eigenvalue weighted by molar-refractivity contribution is 7.89. The molecule has 0 spiro atoms. The first-order valence-electron chi connectivity index (χ1n) is 40.0. The van der Waals surface area contributed by atoms with Crippen LogP contribution in [-0.2, 0) is 20.0 Å². The van der Waals surface area contributed by atoms with E-state index in [0.717, 1.165) is 77.0 Å². The summed E-state index contributed by atoms with van der Waals surface area (Å²) < 4.78 is 64.3. The Morgan fingerprint density at radius 2 is 0.745 bits per heavy atom. The number of benzene rings is 7. The third-order valence-electron chi connectivity index (χ3n) is 21.7. The van der Waals surface area contributed by atoms with Crippen LogP contribution in [0.3, 0.4) is 0 Å². The van der Waals surface area contributed by atoms with Crippen molar-refractivity contribution in [2.24, 2.45) is 0 Å². The van der Waals surface area contributed by atoms with Crippen LogP contribution in [0.15, 0.2) is 92.2 Å². The van der Waals surface area contributed by atoms with Gasteiger partial charge >= 0.3 is 0 Å². The largest absolute Gasteiger partial charge is 0.398 e. The molecule has 18 heteroatoms. The van der Waals surface area contributed by atoms with Crippen molar-refractivity contribution in [3.63, 3.8) is 0 Å². The number of fused-ring (bicyclic) bond motifs is 10.